The van der Waals surface area contributed by atoms with E-state index in [1.165, 1.54) is 12.0 Å². The summed E-state index contributed by atoms with van der Waals surface area (Å²) >= 11 is 0. The van der Waals surface area contributed by atoms with Crippen LogP contribution in [0.4, 0.5) is 28.7 Å². The quantitative estimate of drug-likeness (QED) is 0.546. The van der Waals surface area contributed by atoms with Gasteiger partial charge in [0.05, 0.1) is 34.5 Å². The molecule has 1 fully saturated rings. The Bertz CT molecular complexity index is 1010. The normalized spacial score (nSPS) is 13.4. The third-order valence-corrected chi connectivity index (χ3v) is 5.12. The molecule has 168 valence electrons. The number of benzene rings is 2. The zero-order chi connectivity index (χ0) is 22.3. The van der Waals surface area contributed by atoms with Crippen molar-refractivity contribution in [1.82, 2.24) is 9.97 Å². The van der Waals surface area contributed by atoms with Gasteiger partial charge in [-0.05, 0) is 24.3 Å². The first-order valence-corrected chi connectivity index (χ1v) is 10.3. The summed E-state index contributed by atoms with van der Waals surface area (Å²) in [6.45, 7) is 3.36. The molecule has 1 aromatic heterocycles. The molecule has 0 aliphatic carbocycles. The molecule has 9 heteroatoms. The largest absolute Gasteiger partial charge is 0.493 e. The lowest BCUT2D eigenvalue weighted by atomic mass is 10.2. The predicted octanol–water partition coefficient (Wildman–Crippen LogP) is 3.83. The van der Waals surface area contributed by atoms with Crippen LogP contribution in [0.1, 0.15) is 0 Å². The summed E-state index contributed by atoms with van der Waals surface area (Å²) in [5.41, 5.74) is 2.88. The molecule has 0 unspecified atom stereocenters. The van der Waals surface area contributed by atoms with Gasteiger partial charge in [-0.15, -0.1) is 0 Å². The van der Waals surface area contributed by atoms with Crippen LogP contribution in [0.25, 0.3) is 0 Å². The van der Waals surface area contributed by atoms with Crippen LogP contribution in [0.15, 0.2) is 48.8 Å². The number of hydrogen-bond acceptors (Lipinski definition) is 9. The molecule has 2 N–H and O–H groups in total. The monoisotopic (exact) mass is 437 g/mol. The Balaban J connectivity index is 1.47. The highest BCUT2D eigenvalue weighted by molar-refractivity contribution is 5.68. The van der Waals surface area contributed by atoms with Gasteiger partial charge in [0, 0.05) is 48.4 Å². The highest BCUT2D eigenvalue weighted by Crippen LogP contribution is 2.40. The van der Waals surface area contributed by atoms with Gasteiger partial charge in [0.2, 0.25) is 5.75 Å². The van der Waals surface area contributed by atoms with Gasteiger partial charge in [-0.3, -0.25) is 0 Å². The number of hydrogen-bond donors (Lipinski definition) is 2. The number of anilines is 5. The minimum Gasteiger partial charge on any atom is -0.493 e. The van der Waals surface area contributed by atoms with Crippen molar-refractivity contribution in [3.63, 3.8) is 0 Å². The van der Waals surface area contributed by atoms with Crippen molar-refractivity contribution < 1.29 is 18.9 Å². The molecule has 0 radical (unpaired) electrons. The van der Waals surface area contributed by atoms with E-state index >= 15 is 0 Å². The van der Waals surface area contributed by atoms with Gasteiger partial charge in [-0.2, -0.15) is 0 Å². The molecule has 0 atom stereocenters. The molecular weight excluding hydrogens is 410 g/mol. The van der Waals surface area contributed by atoms with Crippen LogP contribution in [0.2, 0.25) is 0 Å². The van der Waals surface area contributed by atoms with Crippen LogP contribution >= 0.6 is 0 Å². The van der Waals surface area contributed by atoms with E-state index in [2.05, 4.69) is 37.6 Å². The van der Waals surface area contributed by atoms with E-state index in [0.29, 0.717) is 28.9 Å². The van der Waals surface area contributed by atoms with Crippen LogP contribution in [-0.4, -0.2) is 57.6 Å². The standard InChI is InChI=1S/C23H27N5O4/c1-29-19-12-17(13-20(30-2)23(19)31-3)27-22-14-21(24-15-25-22)26-16-4-6-18(7-5-16)28-8-10-32-11-9-28/h4-7,12-15H,8-11H2,1-3H3,(H2,24,25,26,27). The van der Waals surface area contributed by atoms with Gasteiger partial charge in [-0.1, -0.05) is 0 Å². The van der Waals surface area contributed by atoms with Crippen molar-refractivity contribution in [2.45, 2.75) is 0 Å². The summed E-state index contributed by atoms with van der Waals surface area (Å²) in [4.78, 5) is 11.0. The SMILES string of the molecule is COc1cc(Nc2cc(Nc3ccc(N4CCOCC4)cc3)ncn2)cc(OC)c1OC. The van der Waals surface area contributed by atoms with Crippen molar-refractivity contribution in [2.24, 2.45) is 0 Å². The van der Waals surface area contributed by atoms with Crippen LogP contribution in [0.3, 0.4) is 0 Å². The zero-order valence-electron chi connectivity index (χ0n) is 18.4. The molecule has 1 saturated heterocycles. The average molecular weight is 438 g/mol. The van der Waals surface area contributed by atoms with Crippen LogP contribution in [0, 0.1) is 0 Å². The number of rotatable bonds is 8. The molecule has 4 rings (SSSR count). The van der Waals surface area contributed by atoms with Gasteiger partial charge in [0.1, 0.15) is 18.0 Å². The topological polar surface area (TPSA) is 90.0 Å². The average Bonchev–Trinajstić information content (AvgIpc) is 2.84. The lowest BCUT2D eigenvalue weighted by molar-refractivity contribution is 0.122. The molecule has 0 spiro atoms. The van der Waals surface area contributed by atoms with Crippen molar-refractivity contribution in [3.05, 3.63) is 48.8 Å². The summed E-state index contributed by atoms with van der Waals surface area (Å²) in [6, 6.07) is 13.8. The van der Waals surface area contributed by atoms with Gasteiger partial charge in [0.15, 0.2) is 11.5 Å². The molecule has 2 aromatic carbocycles. The fourth-order valence-electron chi connectivity index (χ4n) is 3.52. The fraction of sp³-hybridized carbons (Fsp3) is 0.304. The first-order valence-electron chi connectivity index (χ1n) is 10.3. The maximum atomic E-state index is 5.42. The highest BCUT2D eigenvalue weighted by Gasteiger charge is 2.14. The molecule has 1 aliphatic rings. The van der Waals surface area contributed by atoms with E-state index < -0.39 is 0 Å². The predicted molar refractivity (Wildman–Crippen MR) is 124 cm³/mol. The van der Waals surface area contributed by atoms with Crippen LogP contribution in [0.5, 0.6) is 17.2 Å². The molecule has 1 aliphatic heterocycles. The second-order valence-corrected chi connectivity index (χ2v) is 7.10. The van der Waals surface area contributed by atoms with Gasteiger partial charge in [0.25, 0.3) is 0 Å². The van der Waals surface area contributed by atoms with E-state index in [4.69, 9.17) is 18.9 Å². The summed E-state index contributed by atoms with van der Waals surface area (Å²) in [7, 11) is 4.74. The van der Waals surface area contributed by atoms with Crippen molar-refractivity contribution in [2.75, 3.05) is 63.2 Å². The summed E-state index contributed by atoms with van der Waals surface area (Å²) in [5.74, 6) is 2.95. The van der Waals surface area contributed by atoms with Crippen molar-refractivity contribution >= 4 is 28.7 Å². The van der Waals surface area contributed by atoms with E-state index in [9.17, 15) is 0 Å². The molecule has 0 bridgehead atoms. The van der Waals surface area contributed by atoms with Gasteiger partial charge < -0.3 is 34.5 Å². The Morgan fingerprint density at radius 1 is 0.781 bits per heavy atom. The smallest absolute Gasteiger partial charge is 0.203 e. The number of morpholine rings is 1. The number of nitrogens with zero attached hydrogens (tertiary/aromatic N) is 3. The first-order chi connectivity index (χ1) is 15.7. The second kappa shape index (κ2) is 10.1. The summed E-state index contributed by atoms with van der Waals surface area (Å²) < 4.78 is 21.6. The molecule has 0 amide bonds. The Morgan fingerprint density at radius 2 is 1.38 bits per heavy atom. The Labute approximate surface area is 187 Å². The third kappa shape index (κ3) is 4.94. The molecule has 32 heavy (non-hydrogen) atoms. The van der Waals surface area contributed by atoms with Crippen molar-refractivity contribution in [1.29, 1.82) is 0 Å². The van der Waals surface area contributed by atoms with Gasteiger partial charge in [-0.25, -0.2) is 9.97 Å². The zero-order valence-corrected chi connectivity index (χ0v) is 18.4. The molecule has 0 saturated carbocycles. The second-order valence-electron chi connectivity index (χ2n) is 7.10. The minimum absolute atomic E-state index is 0.533. The Kier molecular flexibility index (Phi) is 6.76. The maximum absolute atomic E-state index is 5.42. The lowest BCUT2D eigenvalue weighted by Crippen LogP contribution is -2.36. The van der Waals surface area contributed by atoms with E-state index in [1.807, 2.05) is 30.3 Å². The Hall–Kier alpha value is -3.72. The Morgan fingerprint density at radius 3 is 1.94 bits per heavy atom. The third-order valence-electron chi connectivity index (χ3n) is 5.12. The van der Waals surface area contributed by atoms with Crippen LogP contribution in [-0.2, 0) is 4.74 Å². The molecule has 3 aromatic rings. The van der Waals surface area contributed by atoms with Gasteiger partial charge >= 0.3 is 0 Å². The van der Waals surface area contributed by atoms with E-state index in [-0.39, 0.29) is 0 Å². The molecule has 2 heterocycles. The number of methoxy groups -OCH3 is 3. The van der Waals surface area contributed by atoms with Crippen LogP contribution < -0.4 is 29.7 Å². The summed E-state index contributed by atoms with van der Waals surface area (Å²) in [6.07, 6.45) is 1.50. The highest BCUT2D eigenvalue weighted by atomic mass is 16.5. The first kappa shape index (κ1) is 21.5. The minimum atomic E-state index is 0.533. The number of ether oxygens (including phenoxy) is 4. The lowest BCUT2D eigenvalue weighted by Gasteiger charge is -2.28. The van der Waals surface area contributed by atoms with E-state index in [0.717, 1.165) is 37.7 Å². The maximum Gasteiger partial charge on any atom is 0.203 e. The fourth-order valence-corrected chi connectivity index (χ4v) is 3.52. The van der Waals surface area contributed by atoms with E-state index in [1.54, 1.807) is 21.3 Å². The number of aromatic nitrogens is 2. The number of nitrogens with one attached hydrogen (secondary N) is 2. The molecule has 9 nitrogen and oxygen atoms in total. The summed E-state index contributed by atoms with van der Waals surface area (Å²) in [5, 5.41) is 6.58. The van der Waals surface area contributed by atoms with Crippen molar-refractivity contribution in [3.8, 4) is 17.2 Å². The molecular formula is C23H27N5O4.